The average molecular weight is 372 g/mol. The highest BCUT2D eigenvalue weighted by atomic mass is 19.4. The van der Waals surface area contributed by atoms with Crippen LogP contribution < -0.4 is 11.1 Å². The van der Waals surface area contributed by atoms with Gasteiger partial charge in [-0.2, -0.15) is 13.2 Å². The van der Waals surface area contributed by atoms with Crippen LogP contribution in [0.4, 0.5) is 22.0 Å². The zero-order valence-corrected chi connectivity index (χ0v) is 13.1. The first-order valence-corrected chi connectivity index (χ1v) is 7.28. The molecule has 0 saturated heterocycles. The summed E-state index contributed by atoms with van der Waals surface area (Å²) in [4.78, 5) is 23.5. The lowest BCUT2D eigenvalue weighted by Gasteiger charge is -2.16. The van der Waals surface area contributed by atoms with Crippen molar-refractivity contribution in [3.8, 4) is 0 Å². The Kier molecular flexibility index (Phi) is 5.59. The lowest BCUT2D eigenvalue weighted by molar-refractivity contribution is -0.137. The van der Waals surface area contributed by atoms with Crippen molar-refractivity contribution in [1.82, 2.24) is 5.32 Å². The van der Waals surface area contributed by atoms with E-state index in [4.69, 9.17) is 5.73 Å². The largest absolute Gasteiger partial charge is 0.416 e. The third kappa shape index (κ3) is 5.01. The molecule has 0 radical (unpaired) electrons. The first-order valence-electron chi connectivity index (χ1n) is 7.28. The molecule has 0 aliphatic heterocycles. The van der Waals surface area contributed by atoms with Crippen molar-refractivity contribution in [2.24, 2.45) is 5.73 Å². The van der Waals surface area contributed by atoms with Gasteiger partial charge in [-0.05, 0) is 29.8 Å². The first kappa shape index (κ1) is 19.4. The molecule has 4 nitrogen and oxygen atoms in total. The van der Waals surface area contributed by atoms with Crippen molar-refractivity contribution in [3.05, 3.63) is 70.8 Å². The van der Waals surface area contributed by atoms with E-state index < -0.39 is 41.2 Å². The number of nitrogens with two attached hydrogens (primary N) is 1. The van der Waals surface area contributed by atoms with E-state index in [2.05, 4.69) is 5.32 Å². The van der Waals surface area contributed by atoms with Gasteiger partial charge in [-0.25, -0.2) is 8.78 Å². The van der Waals surface area contributed by atoms with E-state index in [1.807, 2.05) is 0 Å². The second kappa shape index (κ2) is 7.51. The van der Waals surface area contributed by atoms with Crippen LogP contribution in [0.3, 0.4) is 0 Å². The Morgan fingerprint density at radius 2 is 1.54 bits per heavy atom. The molecule has 0 aromatic heterocycles. The highest BCUT2D eigenvalue weighted by Crippen LogP contribution is 2.29. The van der Waals surface area contributed by atoms with Crippen LogP contribution in [-0.2, 0) is 17.4 Å². The fourth-order valence-corrected chi connectivity index (χ4v) is 2.21. The number of nitrogens with one attached hydrogen (secondary N) is 1. The number of primary amides is 1. The quantitative estimate of drug-likeness (QED) is 0.793. The van der Waals surface area contributed by atoms with Crippen molar-refractivity contribution < 1.29 is 31.5 Å². The molecule has 1 atom stereocenters. The minimum absolute atomic E-state index is 0.184. The summed E-state index contributed by atoms with van der Waals surface area (Å²) in [5.41, 5.74) is 4.28. The van der Waals surface area contributed by atoms with Crippen molar-refractivity contribution in [2.45, 2.75) is 18.6 Å². The third-order valence-electron chi connectivity index (χ3n) is 3.49. The smallest absolute Gasteiger partial charge is 0.368 e. The monoisotopic (exact) mass is 372 g/mol. The average Bonchev–Trinajstić information content (AvgIpc) is 2.52. The number of carbonyl (C=O) groups is 2. The van der Waals surface area contributed by atoms with Gasteiger partial charge in [-0.15, -0.1) is 0 Å². The van der Waals surface area contributed by atoms with Crippen molar-refractivity contribution in [3.63, 3.8) is 0 Å². The van der Waals surface area contributed by atoms with Crippen molar-refractivity contribution >= 4 is 11.8 Å². The van der Waals surface area contributed by atoms with E-state index in [1.165, 1.54) is 0 Å². The highest BCUT2D eigenvalue weighted by molar-refractivity contribution is 5.97. The summed E-state index contributed by atoms with van der Waals surface area (Å²) < 4.78 is 64.0. The molecule has 9 heteroatoms. The minimum atomic E-state index is -4.50. The summed E-state index contributed by atoms with van der Waals surface area (Å²) in [6.07, 6.45) is -4.69. The number of alkyl halides is 3. The number of rotatable bonds is 5. The fraction of sp³-hybridized carbons (Fsp3) is 0.176. The normalized spacial score (nSPS) is 12.5. The highest BCUT2D eigenvalue weighted by Gasteiger charge is 2.30. The van der Waals surface area contributed by atoms with Crippen LogP contribution in [-0.4, -0.2) is 17.9 Å². The molecule has 0 aliphatic carbocycles. The molecule has 2 rings (SSSR count). The maximum Gasteiger partial charge on any atom is 0.416 e. The van der Waals surface area contributed by atoms with Crippen molar-refractivity contribution in [2.75, 3.05) is 0 Å². The molecule has 0 aliphatic rings. The zero-order chi connectivity index (χ0) is 19.5. The Morgan fingerprint density at radius 1 is 1.00 bits per heavy atom. The number of amides is 2. The summed E-state index contributed by atoms with van der Waals surface area (Å²) in [5.74, 6) is -3.85. The van der Waals surface area contributed by atoms with Gasteiger partial charge in [0.1, 0.15) is 17.7 Å². The van der Waals surface area contributed by atoms with Gasteiger partial charge in [0.05, 0.1) is 5.56 Å². The van der Waals surface area contributed by atoms with Crippen LogP contribution >= 0.6 is 0 Å². The molecule has 26 heavy (non-hydrogen) atoms. The lowest BCUT2D eigenvalue weighted by Crippen LogP contribution is -2.45. The van der Waals surface area contributed by atoms with Gasteiger partial charge < -0.3 is 11.1 Å². The Labute approximate surface area is 144 Å². The molecular weight excluding hydrogens is 359 g/mol. The molecule has 0 spiro atoms. The van der Waals surface area contributed by atoms with Gasteiger partial charge in [-0.1, -0.05) is 12.1 Å². The Morgan fingerprint density at radius 3 is 2.00 bits per heavy atom. The summed E-state index contributed by atoms with van der Waals surface area (Å²) >= 11 is 0. The maximum absolute atomic E-state index is 13.2. The van der Waals surface area contributed by atoms with Gasteiger partial charge >= 0.3 is 6.18 Å². The van der Waals surface area contributed by atoms with Crippen LogP contribution in [0, 0.1) is 11.6 Å². The van der Waals surface area contributed by atoms with Gasteiger partial charge in [-0.3, -0.25) is 9.59 Å². The second-order valence-electron chi connectivity index (χ2n) is 5.49. The Bertz CT molecular complexity index is 799. The topological polar surface area (TPSA) is 72.2 Å². The number of hydrogen-bond acceptors (Lipinski definition) is 2. The number of carbonyl (C=O) groups excluding carboxylic acids is 2. The van der Waals surface area contributed by atoms with Crippen LogP contribution in [0.25, 0.3) is 0 Å². The van der Waals surface area contributed by atoms with E-state index in [-0.39, 0.29) is 12.0 Å². The van der Waals surface area contributed by atoms with E-state index in [0.29, 0.717) is 11.6 Å². The maximum atomic E-state index is 13.2. The van der Waals surface area contributed by atoms with Crippen LogP contribution in [0.15, 0.2) is 42.5 Å². The summed E-state index contributed by atoms with van der Waals surface area (Å²) in [6, 6.07) is 4.80. The van der Waals surface area contributed by atoms with Crippen LogP contribution in [0.2, 0.25) is 0 Å². The van der Waals surface area contributed by atoms with E-state index in [9.17, 15) is 31.5 Å². The lowest BCUT2D eigenvalue weighted by atomic mass is 10.0. The van der Waals surface area contributed by atoms with Gasteiger partial charge in [0.25, 0.3) is 5.91 Å². The number of halogens is 5. The molecule has 0 saturated carbocycles. The Hall–Kier alpha value is -2.97. The van der Waals surface area contributed by atoms with E-state index >= 15 is 0 Å². The second-order valence-corrected chi connectivity index (χ2v) is 5.49. The molecule has 2 amide bonds. The molecule has 0 heterocycles. The minimum Gasteiger partial charge on any atom is -0.368 e. The number of benzene rings is 2. The summed E-state index contributed by atoms with van der Waals surface area (Å²) in [7, 11) is 0. The summed E-state index contributed by atoms with van der Waals surface area (Å²) in [6.45, 7) is 0. The molecule has 0 unspecified atom stereocenters. The summed E-state index contributed by atoms with van der Waals surface area (Å²) in [5, 5.41) is 2.21. The number of hydrogen-bond donors (Lipinski definition) is 2. The predicted molar refractivity (Wildman–Crippen MR) is 82.0 cm³/mol. The zero-order valence-electron chi connectivity index (χ0n) is 13.1. The van der Waals surface area contributed by atoms with E-state index in [0.717, 1.165) is 36.4 Å². The van der Waals surface area contributed by atoms with Crippen LogP contribution in [0.1, 0.15) is 21.5 Å². The molecule has 0 bridgehead atoms. The van der Waals surface area contributed by atoms with Crippen LogP contribution in [0.5, 0.6) is 0 Å². The molecule has 2 aromatic rings. The van der Waals surface area contributed by atoms with Gasteiger partial charge in [0.2, 0.25) is 5.91 Å². The third-order valence-corrected chi connectivity index (χ3v) is 3.49. The first-order chi connectivity index (χ1) is 12.1. The SMILES string of the molecule is NC(=O)[C@@H](Cc1ccc(C(F)(F)F)cc1)NC(=O)c1cc(F)cc(F)c1. The molecule has 138 valence electrons. The standard InChI is InChI=1S/C17H13F5N2O2/c18-12-6-10(7-13(19)8-12)16(26)24-14(15(23)25)5-9-1-3-11(4-2-9)17(20,21)22/h1-4,6-8,14H,5H2,(H2,23,25)(H,24,26)/t14-/m1/s1. The van der Waals surface area contributed by atoms with Gasteiger partial charge in [0, 0.05) is 18.1 Å². The molecule has 3 N–H and O–H groups in total. The molecule has 2 aromatic carbocycles. The molecular formula is C17H13F5N2O2. The van der Waals surface area contributed by atoms with Gasteiger partial charge in [0.15, 0.2) is 0 Å². The fourth-order valence-electron chi connectivity index (χ4n) is 2.21. The van der Waals surface area contributed by atoms with E-state index in [1.54, 1.807) is 0 Å². The molecule has 0 fully saturated rings. The van der Waals surface area contributed by atoms with Crippen molar-refractivity contribution in [1.29, 1.82) is 0 Å². The Balaban J connectivity index is 2.14. The predicted octanol–water partition coefficient (Wildman–Crippen LogP) is 2.81.